The number of nitrogens with zero attached hydrogens (tertiary/aromatic N) is 4. The maximum Gasteiger partial charge on any atom is 0.326 e. The summed E-state index contributed by atoms with van der Waals surface area (Å²) < 4.78 is 1.15. The fourth-order valence-corrected chi connectivity index (χ4v) is 3.04. The van der Waals surface area contributed by atoms with Gasteiger partial charge in [-0.3, -0.25) is 4.79 Å². The molecule has 3 aromatic rings. The van der Waals surface area contributed by atoms with Crippen molar-refractivity contribution in [3.8, 4) is 5.88 Å². The number of amides is 1. The van der Waals surface area contributed by atoms with Crippen LogP contribution in [0.15, 0.2) is 42.6 Å². The summed E-state index contributed by atoms with van der Waals surface area (Å²) in [6.45, 7) is 3.62. The Morgan fingerprint density at radius 2 is 1.96 bits per heavy atom. The second-order valence-corrected chi connectivity index (χ2v) is 6.18. The highest BCUT2D eigenvalue weighted by atomic mass is 16.4. The van der Waals surface area contributed by atoms with Crippen LogP contribution in [0.3, 0.4) is 0 Å². The first-order valence-electron chi connectivity index (χ1n) is 8.54. The minimum Gasteiger partial charge on any atom is -0.493 e. The number of likely N-dealkylation sites (N-methyl/N-ethyl adjacent to an activating group) is 1. The highest BCUT2D eigenvalue weighted by molar-refractivity contribution is 6.01. The van der Waals surface area contributed by atoms with Gasteiger partial charge in [0, 0.05) is 24.7 Å². The first kappa shape index (κ1) is 18.4. The monoisotopic (exact) mass is 368 g/mol. The molecule has 2 aromatic heterocycles. The van der Waals surface area contributed by atoms with Gasteiger partial charge in [0.1, 0.15) is 11.6 Å². The molecule has 27 heavy (non-hydrogen) atoms. The van der Waals surface area contributed by atoms with Crippen LogP contribution in [0.5, 0.6) is 5.88 Å². The van der Waals surface area contributed by atoms with Crippen LogP contribution in [0.25, 0.3) is 5.65 Å². The molecule has 0 bridgehead atoms. The molecule has 140 valence electrons. The van der Waals surface area contributed by atoms with Crippen LogP contribution >= 0.6 is 0 Å². The Labute approximate surface area is 155 Å². The van der Waals surface area contributed by atoms with Gasteiger partial charge in [-0.05, 0) is 19.4 Å². The maximum absolute atomic E-state index is 13.1. The van der Waals surface area contributed by atoms with Gasteiger partial charge in [-0.25, -0.2) is 9.78 Å². The van der Waals surface area contributed by atoms with Crippen molar-refractivity contribution in [3.63, 3.8) is 0 Å². The number of fused-ring (bicyclic) bond motifs is 1. The van der Waals surface area contributed by atoms with Gasteiger partial charge < -0.3 is 15.1 Å². The molecule has 1 atom stereocenters. The van der Waals surface area contributed by atoms with Gasteiger partial charge in [-0.15, -0.1) is 0 Å². The predicted molar refractivity (Wildman–Crippen MR) is 97.7 cm³/mol. The zero-order chi connectivity index (χ0) is 19.6. The SMILES string of the molecule is CCN(C(=O)c1cnn2c(O)cc(C)nc12)[C@@H](Cc1ccccc1)C(=O)O. The molecule has 8 heteroatoms. The fourth-order valence-electron chi connectivity index (χ4n) is 3.04. The molecule has 1 amide bonds. The molecule has 0 saturated carbocycles. The minimum atomic E-state index is -1.09. The summed E-state index contributed by atoms with van der Waals surface area (Å²) in [6.07, 6.45) is 1.49. The average molecular weight is 368 g/mol. The van der Waals surface area contributed by atoms with Crippen LogP contribution in [0.4, 0.5) is 0 Å². The lowest BCUT2D eigenvalue weighted by Gasteiger charge is -2.27. The zero-order valence-corrected chi connectivity index (χ0v) is 15.0. The standard InChI is InChI=1S/C19H20N4O4/c1-3-22(15(19(26)27)10-13-7-5-4-6-8-13)18(25)14-11-20-23-16(24)9-12(2)21-17(14)23/h4-9,11,15,24H,3,10H2,1-2H3,(H,26,27)/t15-/m0/s1. The van der Waals surface area contributed by atoms with E-state index in [0.29, 0.717) is 5.69 Å². The molecule has 1 aromatic carbocycles. The summed E-state index contributed by atoms with van der Waals surface area (Å²) >= 11 is 0. The number of rotatable bonds is 6. The van der Waals surface area contributed by atoms with Gasteiger partial charge in [0.05, 0.1) is 6.20 Å². The molecular weight excluding hydrogens is 348 g/mol. The van der Waals surface area contributed by atoms with Crippen molar-refractivity contribution >= 4 is 17.5 Å². The third kappa shape index (κ3) is 3.59. The van der Waals surface area contributed by atoms with Gasteiger partial charge in [0.15, 0.2) is 5.65 Å². The van der Waals surface area contributed by atoms with E-state index in [9.17, 15) is 19.8 Å². The molecule has 0 aliphatic carbocycles. The number of hydrogen-bond acceptors (Lipinski definition) is 5. The number of carbonyl (C=O) groups excluding carboxylic acids is 1. The predicted octanol–water partition coefficient (Wildman–Crippen LogP) is 1.90. The van der Waals surface area contributed by atoms with E-state index < -0.39 is 17.9 Å². The van der Waals surface area contributed by atoms with Crippen LogP contribution in [0.2, 0.25) is 0 Å². The van der Waals surface area contributed by atoms with Crippen molar-refractivity contribution in [1.29, 1.82) is 0 Å². The molecule has 2 N–H and O–H groups in total. The Morgan fingerprint density at radius 1 is 1.26 bits per heavy atom. The maximum atomic E-state index is 13.1. The van der Waals surface area contributed by atoms with E-state index in [2.05, 4.69) is 10.1 Å². The highest BCUT2D eigenvalue weighted by Crippen LogP contribution is 2.20. The lowest BCUT2D eigenvalue weighted by Crippen LogP contribution is -2.46. The number of aromatic nitrogens is 3. The summed E-state index contributed by atoms with van der Waals surface area (Å²) in [7, 11) is 0. The number of aryl methyl sites for hydroxylation is 1. The average Bonchev–Trinajstić information content (AvgIpc) is 3.06. The quantitative estimate of drug-likeness (QED) is 0.688. The first-order chi connectivity index (χ1) is 12.9. The van der Waals surface area contributed by atoms with Gasteiger partial charge in [0.25, 0.3) is 5.91 Å². The van der Waals surface area contributed by atoms with E-state index in [1.54, 1.807) is 13.8 Å². The molecule has 0 spiro atoms. The number of benzene rings is 1. The van der Waals surface area contributed by atoms with E-state index in [4.69, 9.17) is 0 Å². The summed E-state index contributed by atoms with van der Waals surface area (Å²) in [5.74, 6) is -1.72. The fraction of sp³-hybridized carbons (Fsp3) is 0.263. The van der Waals surface area contributed by atoms with Crippen molar-refractivity contribution in [1.82, 2.24) is 19.5 Å². The number of aliphatic carboxylic acids is 1. The second-order valence-electron chi connectivity index (χ2n) is 6.18. The number of carboxylic acids is 1. The molecule has 0 fully saturated rings. The van der Waals surface area contributed by atoms with Crippen molar-refractivity contribution < 1.29 is 19.8 Å². The largest absolute Gasteiger partial charge is 0.493 e. The molecule has 3 rings (SSSR count). The molecule has 2 heterocycles. The summed E-state index contributed by atoms with van der Waals surface area (Å²) in [6, 6.07) is 9.56. The van der Waals surface area contributed by atoms with Crippen LogP contribution in [-0.2, 0) is 11.2 Å². The second kappa shape index (κ2) is 7.45. The number of carbonyl (C=O) groups is 2. The minimum absolute atomic E-state index is 0.140. The lowest BCUT2D eigenvalue weighted by atomic mass is 10.0. The Kier molecular flexibility index (Phi) is 5.07. The Balaban J connectivity index is 1.98. The molecule has 0 aliphatic heterocycles. The molecular formula is C19H20N4O4. The van der Waals surface area contributed by atoms with E-state index >= 15 is 0 Å². The van der Waals surface area contributed by atoms with Crippen LogP contribution in [0.1, 0.15) is 28.5 Å². The lowest BCUT2D eigenvalue weighted by molar-refractivity contribution is -0.142. The number of carboxylic acid groups (broad SMARTS) is 1. The smallest absolute Gasteiger partial charge is 0.326 e. The van der Waals surface area contributed by atoms with E-state index in [1.165, 1.54) is 17.2 Å². The van der Waals surface area contributed by atoms with E-state index in [0.717, 1.165) is 10.1 Å². The number of hydrogen-bond donors (Lipinski definition) is 2. The molecule has 0 radical (unpaired) electrons. The van der Waals surface area contributed by atoms with Crippen molar-refractivity contribution in [2.75, 3.05) is 6.54 Å². The Hall–Kier alpha value is -3.42. The normalized spacial score (nSPS) is 12.1. The number of aromatic hydroxyl groups is 1. The van der Waals surface area contributed by atoms with Gasteiger partial charge >= 0.3 is 5.97 Å². The van der Waals surface area contributed by atoms with Crippen LogP contribution in [0, 0.1) is 6.92 Å². The van der Waals surface area contributed by atoms with Crippen molar-refractivity contribution in [3.05, 3.63) is 59.4 Å². The Morgan fingerprint density at radius 3 is 2.59 bits per heavy atom. The van der Waals surface area contributed by atoms with Gasteiger partial charge in [0.2, 0.25) is 5.88 Å². The highest BCUT2D eigenvalue weighted by Gasteiger charge is 2.31. The van der Waals surface area contributed by atoms with Crippen molar-refractivity contribution in [2.24, 2.45) is 0 Å². The summed E-state index contributed by atoms with van der Waals surface area (Å²) in [5.41, 5.74) is 1.69. The molecule has 0 unspecified atom stereocenters. The summed E-state index contributed by atoms with van der Waals surface area (Å²) in [4.78, 5) is 30.5. The topological polar surface area (TPSA) is 108 Å². The van der Waals surface area contributed by atoms with E-state index in [1.807, 2.05) is 30.3 Å². The van der Waals surface area contributed by atoms with E-state index in [-0.39, 0.29) is 30.1 Å². The summed E-state index contributed by atoms with van der Waals surface area (Å²) in [5, 5.41) is 23.7. The van der Waals surface area contributed by atoms with Crippen molar-refractivity contribution in [2.45, 2.75) is 26.3 Å². The van der Waals surface area contributed by atoms with Crippen LogP contribution in [-0.4, -0.2) is 54.2 Å². The first-order valence-corrected chi connectivity index (χ1v) is 8.54. The molecule has 8 nitrogen and oxygen atoms in total. The zero-order valence-electron chi connectivity index (χ0n) is 15.0. The van der Waals surface area contributed by atoms with Crippen LogP contribution < -0.4 is 0 Å². The molecule has 0 saturated heterocycles. The third-order valence-corrected chi connectivity index (χ3v) is 4.35. The third-order valence-electron chi connectivity index (χ3n) is 4.35. The van der Waals surface area contributed by atoms with Gasteiger partial charge in [-0.2, -0.15) is 9.61 Å². The van der Waals surface area contributed by atoms with Gasteiger partial charge in [-0.1, -0.05) is 30.3 Å². The Bertz CT molecular complexity index is 984. The molecule has 0 aliphatic rings.